The third-order valence-electron chi connectivity index (χ3n) is 3.13. The monoisotopic (exact) mass is 251 g/mol. The van der Waals surface area contributed by atoms with E-state index < -0.39 is 0 Å². The van der Waals surface area contributed by atoms with E-state index in [2.05, 4.69) is 11.2 Å². The second-order valence-electron chi connectivity index (χ2n) is 4.29. The van der Waals surface area contributed by atoms with Crippen LogP contribution in [0, 0.1) is 4.77 Å². The van der Waals surface area contributed by atoms with Gasteiger partial charge in [-0.2, -0.15) is 5.10 Å². The molecule has 0 unspecified atom stereocenters. The highest BCUT2D eigenvalue weighted by molar-refractivity contribution is 7.71. The lowest BCUT2D eigenvalue weighted by molar-refractivity contribution is 0.559. The molecule has 0 saturated carbocycles. The fourth-order valence-corrected chi connectivity index (χ4v) is 2.34. The number of aryl methyl sites for hydroxylation is 1. The summed E-state index contributed by atoms with van der Waals surface area (Å²) >= 11 is 5.18. The van der Waals surface area contributed by atoms with E-state index in [0.717, 1.165) is 24.8 Å². The Morgan fingerprint density at radius 2 is 2.24 bits per heavy atom. The Bertz CT molecular complexity index is 568. The summed E-state index contributed by atoms with van der Waals surface area (Å²) in [6.45, 7) is 2.67. The minimum absolute atomic E-state index is 0.0761. The van der Waals surface area contributed by atoms with Gasteiger partial charge in [0.15, 0.2) is 10.5 Å². The van der Waals surface area contributed by atoms with Crippen LogP contribution in [0.25, 0.3) is 5.57 Å². The molecule has 0 radical (unpaired) electrons. The van der Waals surface area contributed by atoms with E-state index in [4.69, 9.17) is 12.2 Å². The first-order valence-corrected chi connectivity index (χ1v) is 6.43. The van der Waals surface area contributed by atoms with Crippen LogP contribution >= 0.6 is 12.2 Å². The van der Waals surface area contributed by atoms with Crippen LogP contribution in [-0.4, -0.2) is 14.3 Å². The van der Waals surface area contributed by atoms with Crippen LogP contribution in [0.2, 0.25) is 0 Å². The van der Waals surface area contributed by atoms with E-state index in [1.165, 1.54) is 11.0 Å². The Morgan fingerprint density at radius 3 is 2.82 bits per heavy atom. The zero-order valence-corrected chi connectivity index (χ0v) is 11.1. The standard InChI is InChI=1S/C12H17N3OS/c1-3-15-12(17)14(2)11(16)10(13-15)9-7-5-4-6-8-9/h7H,3-6,8H2,1-2H3. The number of hydrogen-bond donors (Lipinski definition) is 0. The van der Waals surface area contributed by atoms with Gasteiger partial charge in [-0.25, -0.2) is 4.68 Å². The molecule has 1 aliphatic rings. The first-order valence-electron chi connectivity index (χ1n) is 6.02. The first kappa shape index (κ1) is 12.2. The van der Waals surface area contributed by atoms with Crippen molar-refractivity contribution in [1.29, 1.82) is 0 Å². The molecule has 0 N–H and O–H groups in total. The van der Waals surface area contributed by atoms with Crippen LogP contribution in [0.4, 0.5) is 0 Å². The number of nitrogens with zero attached hydrogens (tertiary/aromatic N) is 3. The number of allylic oxidation sites excluding steroid dienone is 2. The molecule has 0 saturated heterocycles. The van der Waals surface area contributed by atoms with Crippen LogP contribution in [0.15, 0.2) is 10.9 Å². The Kier molecular flexibility index (Phi) is 3.57. The summed E-state index contributed by atoms with van der Waals surface area (Å²) in [7, 11) is 1.71. The molecule has 1 heterocycles. The fourth-order valence-electron chi connectivity index (χ4n) is 2.09. The molecule has 0 bridgehead atoms. The molecule has 92 valence electrons. The normalized spacial score (nSPS) is 15.8. The van der Waals surface area contributed by atoms with Gasteiger partial charge in [-0.1, -0.05) is 6.08 Å². The zero-order chi connectivity index (χ0) is 12.4. The summed E-state index contributed by atoms with van der Waals surface area (Å²) in [5, 5.41) is 4.39. The van der Waals surface area contributed by atoms with E-state index in [1.54, 1.807) is 11.7 Å². The molecule has 5 heteroatoms. The second kappa shape index (κ2) is 4.96. The van der Waals surface area contributed by atoms with Crippen LogP contribution in [0.1, 0.15) is 38.3 Å². The predicted molar refractivity (Wildman–Crippen MR) is 70.4 cm³/mol. The first-order chi connectivity index (χ1) is 8.15. The Balaban J connectivity index is 2.62. The van der Waals surface area contributed by atoms with Crippen LogP contribution in [0.5, 0.6) is 0 Å². The highest BCUT2D eigenvalue weighted by Gasteiger charge is 2.14. The highest BCUT2D eigenvalue weighted by Crippen LogP contribution is 2.23. The third kappa shape index (κ3) is 2.24. The van der Waals surface area contributed by atoms with Gasteiger partial charge in [-0.05, 0) is 50.4 Å². The maximum atomic E-state index is 12.1. The average Bonchev–Trinajstić information content (AvgIpc) is 2.37. The van der Waals surface area contributed by atoms with Gasteiger partial charge in [0.1, 0.15) is 0 Å². The summed E-state index contributed by atoms with van der Waals surface area (Å²) in [6.07, 6.45) is 6.47. The van der Waals surface area contributed by atoms with Crippen LogP contribution in [0.3, 0.4) is 0 Å². The summed E-state index contributed by atoms with van der Waals surface area (Å²) < 4.78 is 3.70. The summed E-state index contributed by atoms with van der Waals surface area (Å²) in [5.74, 6) is 0. The Hall–Kier alpha value is -1.23. The van der Waals surface area contributed by atoms with Crippen molar-refractivity contribution < 1.29 is 0 Å². The maximum absolute atomic E-state index is 12.1. The van der Waals surface area contributed by atoms with Crippen molar-refractivity contribution in [2.75, 3.05) is 0 Å². The van der Waals surface area contributed by atoms with Crippen molar-refractivity contribution in [3.63, 3.8) is 0 Å². The van der Waals surface area contributed by atoms with Crippen molar-refractivity contribution >= 4 is 17.8 Å². The van der Waals surface area contributed by atoms with E-state index in [9.17, 15) is 4.79 Å². The highest BCUT2D eigenvalue weighted by atomic mass is 32.1. The SMILES string of the molecule is CCn1nc(C2=CCCCC2)c(=O)n(C)c1=S. The van der Waals surface area contributed by atoms with Gasteiger partial charge in [0.25, 0.3) is 5.56 Å². The third-order valence-corrected chi connectivity index (χ3v) is 3.61. The van der Waals surface area contributed by atoms with Crippen molar-refractivity contribution in [3.05, 3.63) is 26.9 Å². The minimum Gasteiger partial charge on any atom is -0.285 e. The minimum atomic E-state index is -0.0761. The van der Waals surface area contributed by atoms with Crippen molar-refractivity contribution in [3.8, 4) is 0 Å². The molecular weight excluding hydrogens is 234 g/mol. The summed E-state index contributed by atoms with van der Waals surface area (Å²) in [5.41, 5.74) is 1.57. The van der Waals surface area contributed by atoms with Gasteiger partial charge in [0, 0.05) is 13.6 Å². The van der Waals surface area contributed by atoms with E-state index in [0.29, 0.717) is 17.0 Å². The van der Waals surface area contributed by atoms with Crippen molar-refractivity contribution in [1.82, 2.24) is 14.3 Å². The lowest BCUT2D eigenvalue weighted by Crippen LogP contribution is -2.28. The van der Waals surface area contributed by atoms with Gasteiger partial charge in [0.05, 0.1) is 0 Å². The molecule has 17 heavy (non-hydrogen) atoms. The Morgan fingerprint density at radius 1 is 1.47 bits per heavy atom. The molecular formula is C12H17N3OS. The average molecular weight is 251 g/mol. The largest absolute Gasteiger partial charge is 0.285 e. The summed E-state index contributed by atoms with van der Waals surface area (Å²) in [6, 6.07) is 0. The van der Waals surface area contributed by atoms with Crippen molar-refractivity contribution in [2.24, 2.45) is 7.05 Å². The van der Waals surface area contributed by atoms with E-state index in [-0.39, 0.29) is 5.56 Å². The van der Waals surface area contributed by atoms with Gasteiger partial charge in [-0.15, -0.1) is 0 Å². The van der Waals surface area contributed by atoms with E-state index >= 15 is 0 Å². The molecule has 0 fully saturated rings. The van der Waals surface area contributed by atoms with E-state index in [1.807, 2.05) is 6.92 Å². The van der Waals surface area contributed by atoms with Crippen LogP contribution in [-0.2, 0) is 13.6 Å². The molecule has 0 spiro atoms. The fraction of sp³-hybridized carbons (Fsp3) is 0.583. The molecule has 0 aromatic carbocycles. The molecule has 0 atom stereocenters. The van der Waals surface area contributed by atoms with Gasteiger partial charge in [-0.3, -0.25) is 9.36 Å². The lowest BCUT2D eigenvalue weighted by atomic mass is 9.97. The molecule has 2 rings (SSSR count). The smallest absolute Gasteiger partial charge is 0.280 e. The molecule has 1 aromatic rings. The number of aromatic nitrogens is 3. The van der Waals surface area contributed by atoms with Gasteiger partial charge >= 0.3 is 0 Å². The molecule has 4 nitrogen and oxygen atoms in total. The number of hydrogen-bond acceptors (Lipinski definition) is 3. The lowest BCUT2D eigenvalue weighted by Gasteiger charge is -2.14. The second-order valence-corrected chi connectivity index (χ2v) is 4.65. The Labute approximate surface area is 106 Å². The molecule has 0 aliphatic heterocycles. The maximum Gasteiger partial charge on any atom is 0.280 e. The topological polar surface area (TPSA) is 39.8 Å². The molecule has 0 amide bonds. The molecule has 1 aromatic heterocycles. The number of rotatable bonds is 2. The van der Waals surface area contributed by atoms with Crippen LogP contribution < -0.4 is 5.56 Å². The van der Waals surface area contributed by atoms with Gasteiger partial charge in [0.2, 0.25) is 0 Å². The van der Waals surface area contributed by atoms with Gasteiger partial charge < -0.3 is 0 Å². The quantitative estimate of drug-likeness (QED) is 0.757. The predicted octanol–water partition coefficient (Wildman–Crippen LogP) is 2.29. The summed E-state index contributed by atoms with van der Waals surface area (Å²) in [4.78, 5) is 12.1. The molecule has 1 aliphatic carbocycles. The van der Waals surface area contributed by atoms with Crippen molar-refractivity contribution in [2.45, 2.75) is 39.2 Å². The zero-order valence-electron chi connectivity index (χ0n) is 10.3.